The molecule has 0 aliphatic carbocycles. The maximum Gasteiger partial charge on any atom is 0.367 e. The van der Waals surface area contributed by atoms with Crippen LogP contribution in [0.3, 0.4) is 0 Å². The molecule has 1 aliphatic rings. The third-order valence-corrected chi connectivity index (χ3v) is 3.95. The van der Waals surface area contributed by atoms with Crippen molar-refractivity contribution >= 4 is 34.1 Å². The molecule has 1 aliphatic heterocycles. The molecule has 5 heteroatoms. The summed E-state index contributed by atoms with van der Waals surface area (Å²) in [5.41, 5.74) is 1.05. The maximum atomic E-state index is 11.8. The fourth-order valence-electron chi connectivity index (χ4n) is 1.75. The van der Waals surface area contributed by atoms with Gasteiger partial charge < -0.3 is 9.74 Å². The second kappa shape index (κ2) is 4.81. The fourth-order valence-corrected chi connectivity index (χ4v) is 2.63. The molecule has 0 atom stereocenters. The van der Waals surface area contributed by atoms with Gasteiger partial charge in [-0.25, -0.2) is 4.79 Å². The van der Waals surface area contributed by atoms with E-state index in [-0.39, 0.29) is 11.4 Å². The molecule has 1 aromatic heterocycles. The second-order valence-electron chi connectivity index (χ2n) is 5.70. The predicted molar refractivity (Wildman–Crippen MR) is 79.6 cm³/mol. The number of hydrogen-bond donors (Lipinski definition) is 0. The summed E-state index contributed by atoms with van der Waals surface area (Å²) in [5.74, 6) is -0.371. The van der Waals surface area contributed by atoms with Crippen molar-refractivity contribution in [1.29, 1.82) is 0 Å². The highest BCUT2D eigenvalue weighted by molar-refractivity contribution is 7.17. The van der Waals surface area contributed by atoms with Gasteiger partial charge >= 0.3 is 5.97 Å². The molecule has 0 aromatic carbocycles. The van der Waals surface area contributed by atoms with Crippen LogP contribution in [0, 0.1) is 5.41 Å². The lowest BCUT2D eigenvalue weighted by Gasteiger charge is -2.16. The van der Waals surface area contributed by atoms with E-state index in [9.17, 15) is 4.79 Å². The minimum absolute atomic E-state index is 0.209. The number of hydrogen-bond acceptors (Lipinski definition) is 5. The van der Waals surface area contributed by atoms with E-state index in [2.05, 4.69) is 5.16 Å². The average molecular weight is 278 g/mol. The minimum atomic E-state index is -0.371. The molecule has 19 heavy (non-hydrogen) atoms. The summed E-state index contributed by atoms with van der Waals surface area (Å²) in [4.78, 5) is 19.6. The summed E-state index contributed by atoms with van der Waals surface area (Å²) in [6.07, 6.45) is 1.86. The fraction of sp³-hybridized carbons (Fsp3) is 0.429. The van der Waals surface area contributed by atoms with Crippen LogP contribution in [-0.2, 0) is 9.63 Å². The highest BCUT2D eigenvalue weighted by atomic mass is 32.1. The summed E-state index contributed by atoms with van der Waals surface area (Å²) in [6.45, 7) is 6.05. The van der Waals surface area contributed by atoms with E-state index in [1.54, 1.807) is 11.3 Å². The first kappa shape index (κ1) is 13.8. The van der Waals surface area contributed by atoms with E-state index >= 15 is 0 Å². The summed E-state index contributed by atoms with van der Waals surface area (Å²) >= 11 is 1.63. The molecule has 0 amide bonds. The van der Waals surface area contributed by atoms with Crippen molar-refractivity contribution in [2.24, 2.45) is 10.6 Å². The van der Waals surface area contributed by atoms with E-state index in [0.29, 0.717) is 11.3 Å². The molecule has 0 unspecified atom stereocenters. The van der Waals surface area contributed by atoms with Gasteiger partial charge in [-0.15, -0.1) is 11.3 Å². The molecule has 1 aromatic rings. The van der Waals surface area contributed by atoms with E-state index in [1.165, 1.54) is 0 Å². The summed E-state index contributed by atoms with van der Waals surface area (Å²) in [5, 5.41) is 5.05. The Hall–Kier alpha value is -1.62. The van der Waals surface area contributed by atoms with E-state index in [0.717, 1.165) is 9.88 Å². The molecule has 2 rings (SSSR count). The van der Waals surface area contributed by atoms with Gasteiger partial charge in [-0.2, -0.15) is 0 Å². The third kappa shape index (κ3) is 2.87. The minimum Gasteiger partial charge on any atom is -0.370 e. The first-order valence-electron chi connectivity index (χ1n) is 6.08. The van der Waals surface area contributed by atoms with E-state index < -0.39 is 0 Å². The van der Waals surface area contributed by atoms with Crippen LogP contribution in [0.25, 0.3) is 6.08 Å². The second-order valence-corrected chi connectivity index (χ2v) is 6.79. The Bertz CT molecular complexity index is 562. The molecule has 102 valence electrons. The third-order valence-electron chi connectivity index (χ3n) is 2.75. The molecule has 0 spiro atoms. The van der Waals surface area contributed by atoms with Crippen molar-refractivity contribution in [3.63, 3.8) is 0 Å². The Labute approximate surface area is 117 Å². The Kier molecular flexibility index (Phi) is 3.49. The van der Waals surface area contributed by atoms with Gasteiger partial charge in [0.15, 0.2) is 0 Å². The SMILES string of the molecule is CN(C)c1ccc(/C=C2\C(=O)ON=C2C(C)(C)C)s1. The molecule has 4 nitrogen and oxygen atoms in total. The van der Waals surface area contributed by atoms with Gasteiger partial charge in [0.05, 0.1) is 10.6 Å². The van der Waals surface area contributed by atoms with Gasteiger partial charge in [-0.3, -0.25) is 0 Å². The highest BCUT2D eigenvalue weighted by Crippen LogP contribution is 2.31. The van der Waals surface area contributed by atoms with Gasteiger partial charge in [0.25, 0.3) is 0 Å². The zero-order valence-corrected chi connectivity index (χ0v) is 12.7. The van der Waals surface area contributed by atoms with Crippen LogP contribution in [0.5, 0.6) is 0 Å². The van der Waals surface area contributed by atoms with E-state index in [1.807, 2.05) is 58.0 Å². The number of oxime groups is 1. The van der Waals surface area contributed by atoms with Gasteiger partial charge in [0, 0.05) is 24.4 Å². The van der Waals surface area contributed by atoms with E-state index in [4.69, 9.17) is 4.84 Å². The van der Waals surface area contributed by atoms with Crippen LogP contribution >= 0.6 is 11.3 Å². The summed E-state index contributed by atoms with van der Waals surface area (Å²) in [7, 11) is 3.99. The molecule has 0 radical (unpaired) electrons. The molecule has 0 saturated heterocycles. The first-order valence-corrected chi connectivity index (χ1v) is 6.90. The molecule has 0 saturated carbocycles. The van der Waals surface area contributed by atoms with Crippen molar-refractivity contribution in [1.82, 2.24) is 0 Å². The van der Waals surface area contributed by atoms with Crippen molar-refractivity contribution in [2.45, 2.75) is 20.8 Å². The van der Waals surface area contributed by atoms with Crippen LogP contribution in [0.15, 0.2) is 22.9 Å². The largest absolute Gasteiger partial charge is 0.370 e. The van der Waals surface area contributed by atoms with Crippen molar-refractivity contribution in [2.75, 3.05) is 19.0 Å². The van der Waals surface area contributed by atoms with Crippen LogP contribution in [-0.4, -0.2) is 25.8 Å². The lowest BCUT2D eigenvalue weighted by atomic mass is 9.85. The van der Waals surface area contributed by atoms with Crippen molar-refractivity contribution in [3.05, 3.63) is 22.6 Å². The quantitative estimate of drug-likeness (QED) is 0.616. The number of thiophene rings is 1. The van der Waals surface area contributed by atoms with Crippen LogP contribution in [0.4, 0.5) is 5.00 Å². The molecule has 2 heterocycles. The topological polar surface area (TPSA) is 41.9 Å². The number of carbonyl (C=O) groups excluding carboxylic acids is 1. The number of nitrogens with zero attached hydrogens (tertiary/aromatic N) is 2. The molecule has 0 N–H and O–H groups in total. The summed E-state index contributed by atoms with van der Waals surface area (Å²) < 4.78 is 0. The lowest BCUT2D eigenvalue weighted by molar-refractivity contribution is -0.136. The van der Waals surface area contributed by atoms with Crippen molar-refractivity contribution in [3.8, 4) is 0 Å². The van der Waals surface area contributed by atoms with Crippen LogP contribution < -0.4 is 4.90 Å². The monoisotopic (exact) mass is 278 g/mol. The first-order chi connectivity index (χ1) is 8.79. The molecular weight excluding hydrogens is 260 g/mol. The Morgan fingerprint density at radius 1 is 1.32 bits per heavy atom. The van der Waals surface area contributed by atoms with Gasteiger partial charge in [0.1, 0.15) is 5.71 Å². The Balaban J connectivity index is 2.35. The summed E-state index contributed by atoms with van der Waals surface area (Å²) in [6, 6.07) is 4.03. The average Bonchev–Trinajstić information content (AvgIpc) is 2.86. The number of rotatable bonds is 2. The molecule has 0 fully saturated rings. The smallest absolute Gasteiger partial charge is 0.367 e. The van der Waals surface area contributed by atoms with Crippen LogP contribution in [0.1, 0.15) is 25.6 Å². The maximum absolute atomic E-state index is 11.8. The number of anilines is 1. The van der Waals surface area contributed by atoms with Crippen molar-refractivity contribution < 1.29 is 9.63 Å². The van der Waals surface area contributed by atoms with Crippen LogP contribution in [0.2, 0.25) is 0 Å². The predicted octanol–water partition coefficient (Wildman–Crippen LogP) is 3.16. The standard InChI is InChI=1S/C14H18N2O2S/c1-14(2,3)12-10(13(17)18-15-12)8-9-6-7-11(19-9)16(4)5/h6-8H,1-5H3/b10-8-. The molecular formula is C14H18N2O2S. The zero-order chi connectivity index (χ0) is 14.2. The Morgan fingerprint density at radius 2 is 2.00 bits per heavy atom. The molecule has 0 bridgehead atoms. The Morgan fingerprint density at radius 3 is 2.53 bits per heavy atom. The number of carbonyl (C=O) groups is 1. The van der Waals surface area contributed by atoms with Gasteiger partial charge in [-0.1, -0.05) is 25.9 Å². The zero-order valence-electron chi connectivity index (χ0n) is 11.9. The lowest BCUT2D eigenvalue weighted by Crippen LogP contribution is -2.21. The highest BCUT2D eigenvalue weighted by Gasteiger charge is 2.33. The van der Waals surface area contributed by atoms with Gasteiger partial charge in [-0.05, 0) is 18.2 Å². The van der Waals surface area contributed by atoms with Gasteiger partial charge in [0.2, 0.25) is 0 Å². The normalized spacial score (nSPS) is 17.6.